The lowest BCUT2D eigenvalue weighted by Crippen LogP contribution is -2.03. The molecule has 104 valence electrons. The molecule has 0 spiro atoms. The van der Waals surface area contributed by atoms with E-state index in [0.29, 0.717) is 10.6 Å². The number of hydrogen-bond donors (Lipinski definition) is 1. The summed E-state index contributed by atoms with van der Waals surface area (Å²) in [4.78, 5) is 8.02. The number of aromatic amines is 1. The molecule has 1 aromatic carbocycles. The maximum atomic E-state index is 5.41. The van der Waals surface area contributed by atoms with Crippen molar-refractivity contribution in [2.24, 2.45) is 0 Å². The minimum Gasteiger partial charge on any atom is -0.342 e. The molecule has 1 saturated carbocycles. The highest BCUT2D eigenvalue weighted by Crippen LogP contribution is 2.38. The first-order valence-corrected chi connectivity index (χ1v) is 8.71. The van der Waals surface area contributed by atoms with Crippen LogP contribution in [0.15, 0.2) is 33.2 Å². The van der Waals surface area contributed by atoms with Gasteiger partial charge >= 0.3 is 0 Å². The summed E-state index contributed by atoms with van der Waals surface area (Å²) in [6.07, 6.45) is 5.04. The van der Waals surface area contributed by atoms with Crippen molar-refractivity contribution in [2.45, 2.75) is 31.6 Å². The van der Waals surface area contributed by atoms with Gasteiger partial charge in [-0.3, -0.25) is 0 Å². The molecule has 0 unspecified atom stereocenters. The van der Waals surface area contributed by atoms with Crippen LogP contribution in [0.3, 0.4) is 0 Å². The van der Waals surface area contributed by atoms with Gasteiger partial charge in [0.15, 0.2) is 0 Å². The second-order valence-corrected chi connectivity index (χ2v) is 7.11. The second kappa shape index (κ2) is 6.08. The molecule has 1 aliphatic rings. The van der Waals surface area contributed by atoms with E-state index in [0.717, 1.165) is 20.3 Å². The molecule has 5 heteroatoms. The van der Waals surface area contributed by atoms with Crippen LogP contribution >= 0.6 is 44.1 Å². The lowest BCUT2D eigenvalue weighted by atomic mass is 10.0. The zero-order chi connectivity index (χ0) is 14.1. The lowest BCUT2D eigenvalue weighted by Gasteiger charge is -2.14. The molecular weight excluding hydrogens is 400 g/mol. The third kappa shape index (κ3) is 2.76. The summed E-state index contributed by atoms with van der Waals surface area (Å²) in [6.45, 7) is 0. The average Bonchev–Trinajstić information content (AvgIpc) is 2.96. The molecule has 3 rings (SSSR count). The maximum absolute atomic E-state index is 5.41. The number of nitrogens with zero attached hydrogens (tertiary/aromatic N) is 1. The average molecular weight is 414 g/mol. The molecule has 2 aromatic rings. The predicted molar refractivity (Wildman–Crippen MR) is 91.5 cm³/mol. The van der Waals surface area contributed by atoms with Crippen LogP contribution in [0.1, 0.15) is 37.3 Å². The van der Waals surface area contributed by atoms with E-state index < -0.39 is 0 Å². The Hall–Kier alpha value is -0.520. The van der Waals surface area contributed by atoms with Crippen LogP contribution in [0.4, 0.5) is 0 Å². The van der Waals surface area contributed by atoms with Gasteiger partial charge < -0.3 is 4.98 Å². The van der Waals surface area contributed by atoms with Crippen LogP contribution in [0, 0.1) is 4.64 Å². The van der Waals surface area contributed by atoms with Gasteiger partial charge in [-0.1, -0.05) is 59.2 Å². The molecule has 0 aliphatic heterocycles. The van der Waals surface area contributed by atoms with E-state index in [-0.39, 0.29) is 0 Å². The Kier molecular flexibility index (Phi) is 4.38. The molecule has 0 bridgehead atoms. The Balaban J connectivity index is 2.14. The Labute approximate surface area is 140 Å². The lowest BCUT2D eigenvalue weighted by molar-refractivity contribution is 0.689. The minimum absolute atomic E-state index is 0.565. The Morgan fingerprint density at radius 1 is 1.15 bits per heavy atom. The molecule has 2 nitrogen and oxygen atoms in total. The van der Waals surface area contributed by atoms with Gasteiger partial charge in [0.2, 0.25) is 0 Å². The maximum Gasteiger partial charge on any atom is 0.144 e. The SMILES string of the molecule is S=c1nc(-c2ccccc2Br)[nH]c(C2CCCC2)c1Br. The highest BCUT2D eigenvalue weighted by Gasteiger charge is 2.22. The fraction of sp³-hybridized carbons (Fsp3) is 0.333. The number of nitrogens with one attached hydrogen (secondary N) is 1. The summed E-state index contributed by atoms with van der Waals surface area (Å²) >= 11 is 12.6. The summed E-state index contributed by atoms with van der Waals surface area (Å²) in [7, 11) is 0. The van der Waals surface area contributed by atoms with Crippen LogP contribution in [0.25, 0.3) is 11.4 Å². The van der Waals surface area contributed by atoms with Crippen LogP contribution in [-0.2, 0) is 0 Å². The first-order valence-electron chi connectivity index (χ1n) is 6.71. The summed E-state index contributed by atoms with van der Waals surface area (Å²) in [6, 6.07) is 8.07. The fourth-order valence-corrected chi connectivity index (χ4v) is 3.94. The van der Waals surface area contributed by atoms with Crippen molar-refractivity contribution < 1.29 is 0 Å². The van der Waals surface area contributed by atoms with Gasteiger partial charge in [-0.05, 0) is 34.8 Å². The second-order valence-electron chi connectivity index (χ2n) is 5.08. The van der Waals surface area contributed by atoms with Crippen molar-refractivity contribution in [3.05, 3.63) is 43.5 Å². The van der Waals surface area contributed by atoms with Gasteiger partial charge in [0.05, 0.1) is 4.47 Å². The van der Waals surface area contributed by atoms with Crippen molar-refractivity contribution in [1.82, 2.24) is 9.97 Å². The molecule has 20 heavy (non-hydrogen) atoms. The monoisotopic (exact) mass is 412 g/mol. The van der Waals surface area contributed by atoms with Gasteiger partial charge in [0.25, 0.3) is 0 Å². The van der Waals surface area contributed by atoms with E-state index in [1.807, 2.05) is 24.3 Å². The summed E-state index contributed by atoms with van der Waals surface area (Å²) in [5, 5.41) is 0. The largest absolute Gasteiger partial charge is 0.342 e. The number of aromatic nitrogens is 2. The van der Waals surface area contributed by atoms with Crippen molar-refractivity contribution in [2.75, 3.05) is 0 Å². The minimum atomic E-state index is 0.565. The molecular formula is C15H14Br2N2S. The number of H-pyrrole nitrogens is 1. The highest BCUT2D eigenvalue weighted by atomic mass is 79.9. The molecule has 1 aliphatic carbocycles. The number of halogens is 2. The predicted octanol–water partition coefficient (Wildman–Crippen LogP) is 5.99. The normalized spacial score (nSPS) is 15.7. The first-order chi connectivity index (χ1) is 9.66. The zero-order valence-corrected chi connectivity index (χ0v) is 14.8. The van der Waals surface area contributed by atoms with Crippen molar-refractivity contribution in [3.63, 3.8) is 0 Å². The van der Waals surface area contributed by atoms with Crippen LogP contribution in [-0.4, -0.2) is 9.97 Å². The molecule has 0 radical (unpaired) electrons. The van der Waals surface area contributed by atoms with Crippen molar-refractivity contribution in [3.8, 4) is 11.4 Å². The Bertz CT molecular complexity index is 691. The zero-order valence-electron chi connectivity index (χ0n) is 10.8. The fourth-order valence-electron chi connectivity index (χ4n) is 2.75. The van der Waals surface area contributed by atoms with Gasteiger partial charge in [-0.15, -0.1) is 0 Å². The van der Waals surface area contributed by atoms with Crippen LogP contribution < -0.4 is 0 Å². The molecule has 1 N–H and O–H groups in total. The third-order valence-electron chi connectivity index (χ3n) is 3.78. The van der Waals surface area contributed by atoms with Gasteiger partial charge in [-0.2, -0.15) is 0 Å². The molecule has 0 atom stereocenters. The van der Waals surface area contributed by atoms with Gasteiger partial charge in [0.1, 0.15) is 10.5 Å². The third-order valence-corrected chi connectivity index (χ3v) is 5.84. The highest BCUT2D eigenvalue weighted by molar-refractivity contribution is 9.11. The summed E-state index contributed by atoms with van der Waals surface area (Å²) in [5.41, 5.74) is 2.25. The molecule has 1 aromatic heterocycles. The van der Waals surface area contributed by atoms with E-state index in [1.165, 1.54) is 31.4 Å². The number of hydrogen-bond acceptors (Lipinski definition) is 2. The van der Waals surface area contributed by atoms with Crippen molar-refractivity contribution >= 4 is 44.1 Å². The van der Waals surface area contributed by atoms with Crippen LogP contribution in [0.5, 0.6) is 0 Å². The van der Waals surface area contributed by atoms with E-state index >= 15 is 0 Å². The first kappa shape index (κ1) is 14.4. The van der Waals surface area contributed by atoms with E-state index in [2.05, 4.69) is 41.8 Å². The molecule has 0 saturated heterocycles. The van der Waals surface area contributed by atoms with E-state index in [4.69, 9.17) is 12.2 Å². The number of rotatable bonds is 2. The quantitative estimate of drug-likeness (QED) is 0.612. The summed E-state index contributed by atoms with van der Waals surface area (Å²) < 4.78 is 2.62. The Morgan fingerprint density at radius 2 is 1.85 bits per heavy atom. The van der Waals surface area contributed by atoms with Gasteiger partial charge in [0, 0.05) is 21.6 Å². The molecule has 0 amide bonds. The Morgan fingerprint density at radius 3 is 2.55 bits per heavy atom. The van der Waals surface area contributed by atoms with Crippen LogP contribution in [0.2, 0.25) is 0 Å². The van der Waals surface area contributed by atoms with E-state index in [1.54, 1.807) is 0 Å². The number of benzene rings is 1. The van der Waals surface area contributed by atoms with Crippen molar-refractivity contribution in [1.29, 1.82) is 0 Å². The van der Waals surface area contributed by atoms with E-state index in [9.17, 15) is 0 Å². The summed E-state index contributed by atoms with van der Waals surface area (Å²) in [5.74, 6) is 1.41. The smallest absolute Gasteiger partial charge is 0.144 e. The van der Waals surface area contributed by atoms with Gasteiger partial charge in [-0.25, -0.2) is 4.98 Å². The topological polar surface area (TPSA) is 28.7 Å². The molecule has 1 fully saturated rings. The molecule has 1 heterocycles. The standard InChI is InChI=1S/C15H14Br2N2S/c16-11-8-4-3-7-10(11)14-18-13(9-5-1-2-6-9)12(17)15(20)19-14/h3-4,7-9H,1-2,5-6H2,(H,18,19,20).